The third-order valence-electron chi connectivity index (χ3n) is 2.56. The molecule has 0 bridgehead atoms. The smallest absolute Gasteiger partial charge is 0.341 e. The molecule has 2 N–H and O–H groups in total. The maximum atomic E-state index is 5.68. The topological polar surface area (TPSA) is 73.9 Å². The second kappa shape index (κ2) is 5.44. The third-order valence-corrected chi connectivity index (χ3v) is 2.56. The Kier molecular flexibility index (Phi) is 3.72. The standard InChI is InChI=1S/C13H16N4O/c1-3-11-12(4-2)16-17-13(15-11)18-10-7-5-6-9(14)8-10/h5-8H,3-4,14H2,1-2H3. The van der Waals surface area contributed by atoms with Crippen molar-refractivity contribution in [3.63, 3.8) is 0 Å². The molecule has 2 rings (SSSR count). The van der Waals surface area contributed by atoms with Gasteiger partial charge in [0.15, 0.2) is 0 Å². The summed E-state index contributed by atoms with van der Waals surface area (Å²) in [5.74, 6) is 0.614. The van der Waals surface area contributed by atoms with Crippen LogP contribution in [0.2, 0.25) is 0 Å². The van der Waals surface area contributed by atoms with Crippen molar-refractivity contribution in [3.05, 3.63) is 35.7 Å². The van der Waals surface area contributed by atoms with E-state index in [1.54, 1.807) is 18.2 Å². The van der Waals surface area contributed by atoms with Gasteiger partial charge in [-0.3, -0.25) is 0 Å². The monoisotopic (exact) mass is 244 g/mol. The van der Waals surface area contributed by atoms with Crippen LogP contribution in [0.3, 0.4) is 0 Å². The van der Waals surface area contributed by atoms with Gasteiger partial charge in [-0.25, -0.2) is 0 Å². The minimum Gasteiger partial charge on any atom is -0.423 e. The Hall–Kier alpha value is -2.17. The first kappa shape index (κ1) is 12.3. The first-order valence-corrected chi connectivity index (χ1v) is 5.98. The first-order chi connectivity index (χ1) is 8.72. The summed E-state index contributed by atoms with van der Waals surface area (Å²) < 4.78 is 5.54. The summed E-state index contributed by atoms with van der Waals surface area (Å²) >= 11 is 0. The van der Waals surface area contributed by atoms with E-state index in [9.17, 15) is 0 Å². The molecule has 0 saturated heterocycles. The minimum absolute atomic E-state index is 0.259. The molecule has 5 heteroatoms. The molecule has 0 aliphatic carbocycles. The highest BCUT2D eigenvalue weighted by Gasteiger charge is 2.07. The Bertz CT molecular complexity index is 542. The van der Waals surface area contributed by atoms with Gasteiger partial charge < -0.3 is 10.5 Å². The molecule has 2 aromatic rings. The van der Waals surface area contributed by atoms with E-state index in [4.69, 9.17) is 10.5 Å². The number of aromatic nitrogens is 3. The fourth-order valence-electron chi connectivity index (χ4n) is 1.65. The van der Waals surface area contributed by atoms with Crippen molar-refractivity contribution in [1.29, 1.82) is 0 Å². The zero-order valence-electron chi connectivity index (χ0n) is 10.6. The van der Waals surface area contributed by atoms with Crippen LogP contribution in [0, 0.1) is 0 Å². The Labute approximate surface area is 106 Å². The Morgan fingerprint density at radius 3 is 2.56 bits per heavy atom. The molecule has 1 aromatic heterocycles. The van der Waals surface area contributed by atoms with E-state index in [1.807, 2.05) is 19.9 Å². The predicted molar refractivity (Wildman–Crippen MR) is 69.5 cm³/mol. The van der Waals surface area contributed by atoms with Crippen molar-refractivity contribution in [1.82, 2.24) is 15.2 Å². The van der Waals surface area contributed by atoms with Crippen molar-refractivity contribution < 1.29 is 4.74 Å². The minimum atomic E-state index is 0.259. The third kappa shape index (κ3) is 2.74. The quantitative estimate of drug-likeness (QED) is 0.836. The van der Waals surface area contributed by atoms with Crippen LogP contribution in [0.25, 0.3) is 0 Å². The number of nitrogens with two attached hydrogens (primary N) is 1. The molecule has 1 heterocycles. The van der Waals surface area contributed by atoms with Crippen molar-refractivity contribution in [2.24, 2.45) is 0 Å². The summed E-state index contributed by atoms with van der Waals surface area (Å²) in [4.78, 5) is 4.35. The van der Waals surface area contributed by atoms with Gasteiger partial charge in [0.25, 0.3) is 0 Å². The average molecular weight is 244 g/mol. The summed E-state index contributed by atoms with van der Waals surface area (Å²) in [5.41, 5.74) is 8.15. The van der Waals surface area contributed by atoms with Crippen molar-refractivity contribution in [2.45, 2.75) is 26.7 Å². The molecule has 0 fully saturated rings. The highest BCUT2D eigenvalue weighted by Crippen LogP contribution is 2.20. The zero-order valence-corrected chi connectivity index (χ0v) is 10.6. The molecule has 0 atom stereocenters. The molecular weight excluding hydrogens is 228 g/mol. The molecule has 0 saturated carbocycles. The lowest BCUT2D eigenvalue weighted by atomic mass is 10.2. The summed E-state index contributed by atoms with van der Waals surface area (Å²) in [6.07, 6.45) is 1.63. The van der Waals surface area contributed by atoms with Gasteiger partial charge in [-0.05, 0) is 25.0 Å². The van der Waals surface area contributed by atoms with E-state index in [2.05, 4.69) is 15.2 Å². The van der Waals surface area contributed by atoms with Crippen LogP contribution in [0.5, 0.6) is 11.8 Å². The number of benzene rings is 1. The van der Waals surface area contributed by atoms with Crippen LogP contribution in [0.4, 0.5) is 5.69 Å². The Morgan fingerprint density at radius 2 is 1.89 bits per heavy atom. The number of ether oxygens (including phenoxy) is 1. The predicted octanol–water partition coefficient (Wildman–Crippen LogP) is 2.37. The van der Waals surface area contributed by atoms with Gasteiger partial charge >= 0.3 is 6.01 Å². The van der Waals surface area contributed by atoms with Crippen LogP contribution >= 0.6 is 0 Å². The molecule has 94 valence electrons. The van der Waals surface area contributed by atoms with E-state index in [0.29, 0.717) is 11.4 Å². The second-order valence-electron chi connectivity index (χ2n) is 3.87. The van der Waals surface area contributed by atoms with E-state index >= 15 is 0 Å². The molecule has 0 radical (unpaired) electrons. The number of aryl methyl sites for hydroxylation is 2. The van der Waals surface area contributed by atoms with Gasteiger partial charge in [0, 0.05) is 11.8 Å². The maximum Gasteiger partial charge on any atom is 0.341 e. The highest BCUT2D eigenvalue weighted by atomic mass is 16.5. The van der Waals surface area contributed by atoms with Gasteiger partial charge in [-0.15, -0.1) is 5.10 Å². The Morgan fingerprint density at radius 1 is 1.11 bits per heavy atom. The Balaban J connectivity index is 2.24. The second-order valence-corrected chi connectivity index (χ2v) is 3.87. The number of nitrogens with zero attached hydrogens (tertiary/aromatic N) is 3. The molecule has 0 aliphatic heterocycles. The van der Waals surface area contributed by atoms with E-state index < -0.39 is 0 Å². The first-order valence-electron chi connectivity index (χ1n) is 5.98. The largest absolute Gasteiger partial charge is 0.423 e. The number of nitrogen functional groups attached to an aromatic ring is 1. The fraction of sp³-hybridized carbons (Fsp3) is 0.308. The van der Waals surface area contributed by atoms with Gasteiger partial charge in [0.2, 0.25) is 0 Å². The van der Waals surface area contributed by atoms with Crippen LogP contribution in [-0.2, 0) is 12.8 Å². The maximum absolute atomic E-state index is 5.68. The molecule has 5 nitrogen and oxygen atoms in total. The number of anilines is 1. The van der Waals surface area contributed by atoms with Gasteiger partial charge in [-0.2, -0.15) is 4.98 Å². The van der Waals surface area contributed by atoms with E-state index in [-0.39, 0.29) is 6.01 Å². The molecule has 0 unspecified atom stereocenters. The lowest BCUT2D eigenvalue weighted by Crippen LogP contribution is -2.04. The van der Waals surface area contributed by atoms with Gasteiger partial charge in [-0.1, -0.05) is 25.0 Å². The lowest BCUT2D eigenvalue weighted by Gasteiger charge is -2.07. The SMILES string of the molecule is CCc1nnc(Oc2cccc(N)c2)nc1CC. The fourth-order valence-corrected chi connectivity index (χ4v) is 1.65. The van der Waals surface area contributed by atoms with Crippen LogP contribution in [0.1, 0.15) is 25.2 Å². The molecular formula is C13H16N4O. The van der Waals surface area contributed by atoms with E-state index in [1.165, 1.54) is 0 Å². The van der Waals surface area contributed by atoms with Crippen molar-refractivity contribution >= 4 is 5.69 Å². The van der Waals surface area contributed by atoms with Gasteiger partial charge in [0.05, 0.1) is 11.4 Å². The highest BCUT2D eigenvalue weighted by molar-refractivity contribution is 5.44. The number of hydrogen-bond acceptors (Lipinski definition) is 5. The molecule has 0 amide bonds. The molecule has 18 heavy (non-hydrogen) atoms. The van der Waals surface area contributed by atoms with Crippen LogP contribution in [0.15, 0.2) is 24.3 Å². The van der Waals surface area contributed by atoms with E-state index in [0.717, 1.165) is 24.2 Å². The summed E-state index contributed by atoms with van der Waals surface area (Å²) in [7, 11) is 0. The number of rotatable bonds is 4. The molecule has 0 aliphatic rings. The summed E-state index contributed by atoms with van der Waals surface area (Å²) in [5, 5.41) is 8.08. The molecule has 1 aromatic carbocycles. The number of hydrogen-bond donors (Lipinski definition) is 1. The van der Waals surface area contributed by atoms with Crippen LogP contribution in [-0.4, -0.2) is 15.2 Å². The zero-order chi connectivity index (χ0) is 13.0. The van der Waals surface area contributed by atoms with Crippen molar-refractivity contribution in [3.8, 4) is 11.8 Å². The van der Waals surface area contributed by atoms with Crippen molar-refractivity contribution in [2.75, 3.05) is 5.73 Å². The summed E-state index contributed by atoms with van der Waals surface area (Å²) in [6.45, 7) is 4.07. The van der Waals surface area contributed by atoms with Gasteiger partial charge in [0.1, 0.15) is 5.75 Å². The molecule has 0 spiro atoms. The normalized spacial score (nSPS) is 10.3. The summed E-state index contributed by atoms with van der Waals surface area (Å²) in [6, 6.07) is 7.40. The lowest BCUT2D eigenvalue weighted by molar-refractivity contribution is 0.428. The average Bonchev–Trinajstić information content (AvgIpc) is 2.38. The van der Waals surface area contributed by atoms with Crippen LogP contribution < -0.4 is 10.5 Å².